The summed E-state index contributed by atoms with van der Waals surface area (Å²) in [6.45, 7) is 6.08. The molecule has 248 valence electrons. The number of nitro groups is 1. The van der Waals surface area contributed by atoms with Gasteiger partial charge in [0.05, 0.1) is 29.2 Å². The van der Waals surface area contributed by atoms with Crippen LogP contribution in [0.3, 0.4) is 0 Å². The van der Waals surface area contributed by atoms with Gasteiger partial charge in [-0.3, -0.25) is 10.1 Å². The predicted molar refractivity (Wildman–Crippen MR) is 179 cm³/mol. The van der Waals surface area contributed by atoms with Crippen LogP contribution in [0.4, 0.5) is 20.2 Å². The molecular weight excluding hydrogens is 688 g/mol. The standard InChI is InChI=1S/C32H36ClF2N5O5.BrH/c1-2-43-31-18-24(7-10-29(31)40(41)42)38-12-14-39(15-13-38)32(37-21-26-5-3-4-16-44-26)36-20-22-17-23(34)6-11-30(22)45-25-8-9-28(35)27(33)19-25;/h6-11,17-19,26H,2-5,12-16,20-21H2,1H3,(H,36,37);1H. The second kappa shape index (κ2) is 16.8. The Balaban J connectivity index is 0.00000480. The number of ether oxygens (including phenoxy) is 3. The highest BCUT2D eigenvalue weighted by Gasteiger charge is 2.24. The third kappa shape index (κ3) is 9.20. The van der Waals surface area contributed by atoms with Crippen LogP contribution in [-0.2, 0) is 11.3 Å². The van der Waals surface area contributed by atoms with Gasteiger partial charge in [-0.25, -0.2) is 13.8 Å². The summed E-state index contributed by atoms with van der Waals surface area (Å²) in [7, 11) is 0. The van der Waals surface area contributed by atoms with Crippen LogP contribution < -0.4 is 19.7 Å². The number of anilines is 1. The first-order valence-corrected chi connectivity index (χ1v) is 15.4. The second-order valence-corrected chi connectivity index (χ2v) is 11.2. The number of nitrogens with one attached hydrogen (secondary N) is 1. The third-order valence-electron chi connectivity index (χ3n) is 7.69. The van der Waals surface area contributed by atoms with Crippen LogP contribution in [0, 0.1) is 21.7 Å². The van der Waals surface area contributed by atoms with E-state index in [1.165, 1.54) is 42.5 Å². The Morgan fingerprint density at radius 2 is 1.89 bits per heavy atom. The molecule has 0 bridgehead atoms. The minimum absolute atomic E-state index is 0. The molecule has 3 aromatic carbocycles. The zero-order valence-corrected chi connectivity index (χ0v) is 27.9. The maximum atomic E-state index is 14.4. The Kier molecular flexibility index (Phi) is 12.8. The van der Waals surface area contributed by atoms with Gasteiger partial charge >= 0.3 is 5.69 Å². The minimum atomic E-state index is -0.561. The fraction of sp³-hybridized carbons (Fsp3) is 0.406. The van der Waals surface area contributed by atoms with Gasteiger partial charge in [0.1, 0.15) is 23.1 Å². The molecule has 3 aromatic rings. The number of nitrogens with zero attached hydrogens (tertiary/aromatic N) is 4. The maximum Gasteiger partial charge on any atom is 0.311 e. The molecule has 2 saturated heterocycles. The molecule has 0 radical (unpaired) electrons. The summed E-state index contributed by atoms with van der Waals surface area (Å²) >= 11 is 5.93. The highest BCUT2D eigenvalue weighted by Crippen LogP contribution is 2.33. The summed E-state index contributed by atoms with van der Waals surface area (Å²) < 4.78 is 45.4. The molecule has 2 heterocycles. The van der Waals surface area contributed by atoms with Crippen molar-refractivity contribution < 1.29 is 27.9 Å². The molecule has 2 fully saturated rings. The second-order valence-electron chi connectivity index (χ2n) is 10.8. The van der Waals surface area contributed by atoms with E-state index in [1.54, 1.807) is 19.1 Å². The zero-order chi connectivity index (χ0) is 31.8. The Morgan fingerprint density at radius 1 is 1.09 bits per heavy atom. The van der Waals surface area contributed by atoms with Crippen molar-refractivity contribution in [2.24, 2.45) is 4.99 Å². The molecular formula is C32H37BrClF2N5O5. The van der Waals surface area contributed by atoms with E-state index in [1.807, 2.05) is 0 Å². The van der Waals surface area contributed by atoms with Crippen LogP contribution in [0.5, 0.6) is 17.2 Å². The minimum Gasteiger partial charge on any atom is -0.487 e. The van der Waals surface area contributed by atoms with E-state index < -0.39 is 16.6 Å². The SMILES string of the molecule is Br.CCOc1cc(N2CCN(C(=NCc3cc(F)ccc3Oc3ccc(F)c(Cl)c3)NCC3CCCCO3)CC2)ccc1[N+](=O)[O-]. The number of benzene rings is 3. The van der Waals surface area contributed by atoms with Gasteiger partial charge in [0.2, 0.25) is 0 Å². The molecule has 46 heavy (non-hydrogen) atoms. The highest BCUT2D eigenvalue weighted by atomic mass is 79.9. The number of hydrogen-bond donors (Lipinski definition) is 1. The van der Waals surface area contributed by atoms with Crippen LogP contribution in [0.2, 0.25) is 5.02 Å². The van der Waals surface area contributed by atoms with E-state index in [0.29, 0.717) is 62.4 Å². The Bertz CT molecular complexity index is 1520. The molecule has 0 spiro atoms. The van der Waals surface area contributed by atoms with Crippen molar-refractivity contribution in [2.45, 2.75) is 38.8 Å². The van der Waals surface area contributed by atoms with Crippen molar-refractivity contribution in [1.82, 2.24) is 10.2 Å². The van der Waals surface area contributed by atoms with Gasteiger partial charge in [-0.2, -0.15) is 0 Å². The molecule has 10 nitrogen and oxygen atoms in total. The zero-order valence-electron chi connectivity index (χ0n) is 25.4. The summed E-state index contributed by atoms with van der Waals surface area (Å²) in [6, 6.07) is 13.1. The lowest BCUT2D eigenvalue weighted by molar-refractivity contribution is -0.385. The average Bonchev–Trinajstić information content (AvgIpc) is 3.04. The van der Waals surface area contributed by atoms with Gasteiger partial charge < -0.3 is 29.3 Å². The smallest absolute Gasteiger partial charge is 0.311 e. The van der Waals surface area contributed by atoms with Crippen molar-refractivity contribution in [1.29, 1.82) is 0 Å². The summed E-state index contributed by atoms with van der Waals surface area (Å²) in [5.41, 5.74) is 1.29. The molecule has 1 atom stereocenters. The molecule has 0 aliphatic carbocycles. The summed E-state index contributed by atoms with van der Waals surface area (Å²) in [5, 5.41) is 14.8. The maximum absolute atomic E-state index is 14.4. The van der Waals surface area contributed by atoms with Crippen LogP contribution in [0.1, 0.15) is 31.7 Å². The van der Waals surface area contributed by atoms with Crippen LogP contribution in [0.15, 0.2) is 59.6 Å². The van der Waals surface area contributed by atoms with Crippen molar-refractivity contribution in [3.8, 4) is 17.2 Å². The fourth-order valence-electron chi connectivity index (χ4n) is 5.34. The molecule has 0 saturated carbocycles. The predicted octanol–water partition coefficient (Wildman–Crippen LogP) is 7.13. The number of piperazine rings is 1. The molecule has 2 aliphatic rings. The van der Waals surface area contributed by atoms with Gasteiger partial charge in [-0.1, -0.05) is 11.6 Å². The monoisotopic (exact) mass is 723 g/mol. The largest absolute Gasteiger partial charge is 0.487 e. The van der Waals surface area contributed by atoms with Crippen LogP contribution in [0.25, 0.3) is 0 Å². The first kappa shape index (κ1) is 35.2. The summed E-state index contributed by atoms with van der Waals surface area (Å²) in [5.74, 6) is 0.608. The first-order chi connectivity index (χ1) is 21.8. The van der Waals surface area contributed by atoms with E-state index in [0.717, 1.165) is 31.6 Å². The van der Waals surface area contributed by atoms with Gasteiger partial charge in [-0.15, -0.1) is 17.0 Å². The van der Waals surface area contributed by atoms with Crippen molar-refractivity contribution in [3.63, 3.8) is 0 Å². The fourth-order valence-corrected chi connectivity index (χ4v) is 5.51. The molecule has 2 aliphatic heterocycles. The van der Waals surface area contributed by atoms with Gasteiger partial charge in [0.25, 0.3) is 0 Å². The molecule has 1 N–H and O–H groups in total. The number of guanidine groups is 1. The van der Waals surface area contributed by atoms with E-state index in [-0.39, 0.29) is 46.1 Å². The molecule has 0 amide bonds. The number of hydrogen-bond acceptors (Lipinski definition) is 7. The molecule has 14 heteroatoms. The number of halogens is 4. The van der Waals surface area contributed by atoms with Gasteiger partial charge in [0, 0.05) is 68.8 Å². The van der Waals surface area contributed by atoms with E-state index in [4.69, 9.17) is 30.8 Å². The van der Waals surface area contributed by atoms with Gasteiger partial charge in [0.15, 0.2) is 11.7 Å². The average molecular weight is 725 g/mol. The number of nitro benzene ring substituents is 1. The Morgan fingerprint density at radius 3 is 2.59 bits per heavy atom. The normalized spacial score (nSPS) is 16.9. The third-order valence-corrected chi connectivity index (χ3v) is 7.98. The lowest BCUT2D eigenvalue weighted by atomic mass is 10.1. The quantitative estimate of drug-likeness (QED) is 0.102. The summed E-state index contributed by atoms with van der Waals surface area (Å²) in [6.07, 6.45) is 3.18. The Hall–Kier alpha value is -3.68. The lowest BCUT2D eigenvalue weighted by Gasteiger charge is -2.38. The first-order valence-electron chi connectivity index (χ1n) is 15.0. The number of rotatable bonds is 10. The molecule has 5 rings (SSSR count). The number of aliphatic imine (C=N–C) groups is 1. The van der Waals surface area contributed by atoms with Crippen molar-refractivity contribution in [2.75, 3.05) is 50.8 Å². The van der Waals surface area contributed by atoms with E-state index in [2.05, 4.69) is 15.1 Å². The molecule has 0 aromatic heterocycles. The van der Waals surface area contributed by atoms with E-state index >= 15 is 0 Å². The van der Waals surface area contributed by atoms with Crippen LogP contribution >= 0.6 is 28.6 Å². The van der Waals surface area contributed by atoms with Gasteiger partial charge in [-0.05, 0) is 62.6 Å². The Labute approximate surface area is 282 Å². The van der Waals surface area contributed by atoms with E-state index in [9.17, 15) is 18.9 Å². The molecule has 1 unspecified atom stereocenters. The van der Waals surface area contributed by atoms with Crippen molar-refractivity contribution in [3.05, 3.63) is 86.9 Å². The lowest BCUT2D eigenvalue weighted by Crippen LogP contribution is -2.53. The summed E-state index contributed by atoms with van der Waals surface area (Å²) in [4.78, 5) is 20.1. The van der Waals surface area contributed by atoms with Crippen molar-refractivity contribution >= 4 is 45.9 Å². The topological polar surface area (TPSA) is 102 Å². The highest BCUT2D eigenvalue weighted by molar-refractivity contribution is 8.93. The van der Waals surface area contributed by atoms with Crippen LogP contribution in [-0.4, -0.2) is 67.8 Å².